The first-order chi connectivity index (χ1) is 7.42. The van der Waals surface area contributed by atoms with Crippen LogP contribution >= 0.6 is 0 Å². The number of hydrogen-bond acceptors (Lipinski definition) is 4. The minimum Gasteiger partial charge on any atom is -0.343 e. The topological polar surface area (TPSA) is 64.9 Å². The van der Waals surface area contributed by atoms with Gasteiger partial charge in [0.05, 0.1) is 11.5 Å². The monoisotopic (exact) mass is 235 g/mol. The first kappa shape index (κ1) is 11.4. The molecule has 1 aliphatic rings. The number of nitrogens with zero attached hydrogens (tertiary/aromatic N) is 2. The number of aromatic nitrogens is 2. The molecular weight excluding hydrogens is 223 g/mol. The van der Waals surface area contributed by atoms with Gasteiger partial charge in [0.25, 0.3) is 0 Å². The molecule has 90 valence electrons. The van der Waals surface area contributed by atoms with Crippen LogP contribution in [0.4, 0.5) is 13.2 Å². The molecule has 0 saturated heterocycles. The van der Waals surface area contributed by atoms with E-state index in [0.717, 1.165) is 6.39 Å². The molecule has 1 aliphatic carbocycles. The van der Waals surface area contributed by atoms with Crippen LogP contribution in [-0.2, 0) is 5.54 Å². The Hall–Kier alpha value is -1.11. The summed E-state index contributed by atoms with van der Waals surface area (Å²) in [4.78, 5) is 3.76. The average Bonchev–Trinajstić information content (AvgIpc) is 2.69. The molecule has 16 heavy (non-hydrogen) atoms. The summed E-state index contributed by atoms with van der Waals surface area (Å²) >= 11 is 0. The van der Waals surface area contributed by atoms with E-state index in [1.165, 1.54) is 0 Å². The number of alkyl halides is 3. The maximum absolute atomic E-state index is 12.6. The van der Waals surface area contributed by atoms with E-state index < -0.39 is 17.6 Å². The van der Waals surface area contributed by atoms with Crippen molar-refractivity contribution in [1.29, 1.82) is 0 Å². The number of hydrogen-bond donors (Lipinski definition) is 1. The number of nitrogens with two attached hydrogens (primary N) is 1. The molecule has 0 radical (unpaired) electrons. The lowest BCUT2D eigenvalue weighted by molar-refractivity contribution is -0.187. The molecule has 7 heteroatoms. The second kappa shape index (κ2) is 3.73. The Bertz CT molecular complexity index is 351. The lowest BCUT2D eigenvalue weighted by atomic mass is 9.75. The van der Waals surface area contributed by atoms with Crippen LogP contribution in [0.25, 0.3) is 0 Å². The van der Waals surface area contributed by atoms with Crippen LogP contribution in [0.3, 0.4) is 0 Å². The third-order valence-corrected chi connectivity index (χ3v) is 3.06. The summed E-state index contributed by atoms with van der Waals surface area (Å²) < 4.78 is 42.4. The molecule has 2 rings (SSSR count). The van der Waals surface area contributed by atoms with Gasteiger partial charge in [0, 0.05) is 0 Å². The predicted molar refractivity (Wildman–Crippen MR) is 48.2 cm³/mol. The maximum Gasteiger partial charge on any atom is 0.391 e. The van der Waals surface area contributed by atoms with Crippen molar-refractivity contribution in [3.05, 3.63) is 12.2 Å². The Labute approximate surface area is 90.0 Å². The molecule has 1 aromatic rings. The van der Waals surface area contributed by atoms with E-state index in [4.69, 9.17) is 5.73 Å². The molecule has 4 nitrogen and oxygen atoms in total. The lowest BCUT2D eigenvalue weighted by Crippen LogP contribution is -2.45. The van der Waals surface area contributed by atoms with Crippen molar-refractivity contribution in [1.82, 2.24) is 10.1 Å². The van der Waals surface area contributed by atoms with Crippen molar-refractivity contribution in [3.63, 3.8) is 0 Å². The average molecular weight is 235 g/mol. The SMILES string of the molecule is NC1(c2ncon2)CCCC(C(F)(F)F)C1. The molecule has 0 spiro atoms. The van der Waals surface area contributed by atoms with Crippen LogP contribution in [0, 0.1) is 5.92 Å². The minimum absolute atomic E-state index is 0.125. The van der Waals surface area contributed by atoms with Crippen LogP contribution in [0.15, 0.2) is 10.9 Å². The highest BCUT2D eigenvalue weighted by Gasteiger charge is 2.48. The summed E-state index contributed by atoms with van der Waals surface area (Å²) in [5.74, 6) is -1.20. The first-order valence-electron chi connectivity index (χ1n) is 5.04. The molecule has 1 heterocycles. The fourth-order valence-electron chi connectivity index (χ4n) is 2.18. The first-order valence-corrected chi connectivity index (χ1v) is 5.04. The van der Waals surface area contributed by atoms with Crippen molar-refractivity contribution < 1.29 is 17.7 Å². The van der Waals surface area contributed by atoms with Gasteiger partial charge in [-0.05, 0) is 19.3 Å². The van der Waals surface area contributed by atoms with E-state index in [1.807, 2.05) is 0 Å². The summed E-state index contributed by atoms with van der Waals surface area (Å²) in [6, 6.07) is 0. The van der Waals surface area contributed by atoms with Gasteiger partial charge in [-0.15, -0.1) is 0 Å². The fraction of sp³-hybridized carbons (Fsp3) is 0.778. The van der Waals surface area contributed by atoms with E-state index >= 15 is 0 Å². The van der Waals surface area contributed by atoms with Gasteiger partial charge >= 0.3 is 6.18 Å². The molecule has 1 saturated carbocycles. The van der Waals surface area contributed by atoms with Crippen LogP contribution in [0.5, 0.6) is 0 Å². The summed E-state index contributed by atoms with van der Waals surface area (Å²) in [6.07, 6.45) is -2.28. The molecule has 2 atom stereocenters. The molecule has 2 N–H and O–H groups in total. The highest BCUT2D eigenvalue weighted by atomic mass is 19.4. The standard InChI is InChI=1S/C9H12F3N3O/c10-9(11,12)6-2-1-3-8(13,4-6)7-14-5-16-15-7/h5-6H,1-4,13H2. The zero-order valence-corrected chi connectivity index (χ0v) is 8.50. The fourth-order valence-corrected chi connectivity index (χ4v) is 2.18. The highest BCUT2D eigenvalue weighted by Crippen LogP contribution is 2.43. The van der Waals surface area contributed by atoms with E-state index in [1.54, 1.807) is 0 Å². The Morgan fingerprint density at radius 2 is 2.25 bits per heavy atom. The molecule has 2 unspecified atom stereocenters. The molecule has 1 fully saturated rings. The lowest BCUT2D eigenvalue weighted by Gasteiger charge is -2.36. The third kappa shape index (κ3) is 2.04. The molecule has 1 aromatic heterocycles. The van der Waals surface area contributed by atoms with Gasteiger partial charge in [0.15, 0.2) is 5.82 Å². The van der Waals surface area contributed by atoms with Gasteiger partial charge in [-0.25, -0.2) is 0 Å². The van der Waals surface area contributed by atoms with E-state index in [-0.39, 0.29) is 18.7 Å². The molecule has 0 amide bonds. The van der Waals surface area contributed by atoms with E-state index in [2.05, 4.69) is 14.7 Å². The summed E-state index contributed by atoms with van der Waals surface area (Å²) in [5.41, 5.74) is 4.82. The van der Waals surface area contributed by atoms with Gasteiger partial charge in [-0.2, -0.15) is 18.2 Å². The van der Waals surface area contributed by atoms with Gasteiger partial charge < -0.3 is 10.3 Å². The normalized spacial score (nSPS) is 31.6. The summed E-state index contributed by atoms with van der Waals surface area (Å²) in [7, 11) is 0. The second-order valence-electron chi connectivity index (χ2n) is 4.25. The van der Waals surface area contributed by atoms with Crippen LogP contribution in [0.2, 0.25) is 0 Å². The zero-order valence-electron chi connectivity index (χ0n) is 8.50. The smallest absolute Gasteiger partial charge is 0.343 e. The van der Waals surface area contributed by atoms with Gasteiger partial charge in [0.2, 0.25) is 6.39 Å². The van der Waals surface area contributed by atoms with Crippen molar-refractivity contribution in [2.24, 2.45) is 11.7 Å². The molecule has 0 bridgehead atoms. The van der Waals surface area contributed by atoms with Crippen molar-refractivity contribution in [2.45, 2.75) is 37.4 Å². The Morgan fingerprint density at radius 3 is 2.81 bits per heavy atom. The summed E-state index contributed by atoms with van der Waals surface area (Å²) in [6.45, 7) is 0. The highest BCUT2D eigenvalue weighted by molar-refractivity contribution is 5.05. The largest absolute Gasteiger partial charge is 0.391 e. The van der Waals surface area contributed by atoms with E-state index in [9.17, 15) is 13.2 Å². The predicted octanol–water partition coefficient (Wildman–Crippen LogP) is 1.98. The van der Waals surface area contributed by atoms with Crippen molar-refractivity contribution >= 4 is 0 Å². The Kier molecular flexibility index (Phi) is 2.65. The third-order valence-electron chi connectivity index (χ3n) is 3.06. The minimum atomic E-state index is -4.20. The quantitative estimate of drug-likeness (QED) is 0.808. The number of halogens is 3. The van der Waals surface area contributed by atoms with Gasteiger partial charge in [-0.1, -0.05) is 11.6 Å². The maximum atomic E-state index is 12.6. The zero-order chi connectivity index (χ0) is 11.8. The molecular formula is C9H12F3N3O. The van der Waals surface area contributed by atoms with Crippen LogP contribution in [-0.4, -0.2) is 16.3 Å². The van der Waals surface area contributed by atoms with Crippen molar-refractivity contribution in [2.75, 3.05) is 0 Å². The Morgan fingerprint density at radius 1 is 1.50 bits per heavy atom. The summed E-state index contributed by atoms with van der Waals surface area (Å²) in [5, 5.41) is 3.55. The Balaban J connectivity index is 2.18. The second-order valence-corrected chi connectivity index (χ2v) is 4.25. The van der Waals surface area contributed by atoms with Gasteiger partial charge in [-0.3, -0.25) is 0 Å². The van der Waals surface area contributed by atoms with E-state index in [0.29, 0.717) is 12.8 Å². The number of rotatable bonds is 1. The van der Waals surface area contributed by atoms with Crippen LogP contribution < -0.4 is 5.73 Å². The van der Waals surface area contributed by atoms with Gasteiger partial charge in [0.1, 0.15) is 0 Å². The van der Waals surface area contributed by atoms with Crippen LogP contribution in [0.1, 0.15) is 31.5 Å². The molecule has 0 aromatic carbocycles. The molecule has 0 aliphatic heterocycles. The van der Waals surface area contributed by atoms with Crippen molar-refractivity contribution in [3.8, 4) is 0 Å².